The van der Waals surface area contributed by atoms with E-state index in [-0.39, 0.29) is 36.6 Å². The molecule has 312 valence electrons. The minimum absolute atomic E-state index is 0.0873. The summed E-state index contributed by atoms with van der Waals surface area (Å²) < 4.78 is 32.1. The number of ketones is 1. The van der Waals surface area contributed by atoms with Crippen molar-refractivity contribution in [1.29, 1.82) is 0 Å². The van der Waals surface area contributed by atoms with Gasteiger partial charge in [0.15, 0.2) is 40.3 Å². The maximum atomic E-state index is 12.8. The highest BCUT2D eigenvalue weighted by atomic mass is 16.6. The van der Waals surface area contributed by atoms with Crippen molar-refractivity contribution in [2.75, 3.05) is 48.0 Å². The molecule has 5 aromatic rings. The van der Waals surface area contributed by atoms with Crippen molar-refractivity contribution in [2.45, 2.75) is 63.6 Å². The minimum Gasteiger partial charge on any atom is -0.493 e. The van der Waals surface area contributed by atoms with E-state index in [1.807, 2.05) is 30.3 Å². The lowest BCUT2D eigenvalue weighted by Crippen LogP contribution is -2.34. The van der Waals surface area contributed by atoms with Gasteiger partial charge in [-0.25, -0.2) is 0 Å². The van der Waals surface area contributed by atoms with Gasteiger partial charge in [0.2, 0.25) is 0 Å². The van der Waals surface area contributed by atoms with E-state index < -0.39 is 4.92 Å². The van der Waals surface area contributed by atoms with Crippen LogP contribution in [0.4, 0.5) is 5.69 Å². The molecule has 5 aromatic carbocycles. The molecule has 9 rings (SSSR count). The Bertz CT molecular complexity index is 2400. The van der Waals surface area contributed by atoms with Crippen LogP contribution in [0.5, 0.6) is 40.2 Å². The molecule has 0 aromatic heterocycles. The number of carbonyl (C=O) groups is 1. The van der Waals surface area contributed by atoms with Gasteiger partial charge < -0.3 is 28.8 Å². The summed E-state index contributed by atoms with van der Waals surface area (Å²) >= 11 is 0. The van der Waals surface area contributed by atoms with Crippen LogP contribution in [0.1, 0.15) is 80.6 Å². The third-order valence-corrected chi connectivity index (χ3v) is 12.1. The number of benzene rings is 5. The molecule has 0 amide bonds. The number of nitrogens with zero attached hydrogens (tertiary/aromatic N) is 3. The summed E-state index contributed by atoms with van der Waals surface area (Å²) in [4.78, 5) is 28.3. The van der Waals surface area contributed by atoms with Crippen LogP contribution in [0.25, 0.3) is 0 Å². The number of carbonyl (C=O) groups excluding carboxylic acids is 1. The topological polar surface area (TPSA) is 133 Å². The van der Waals surface area contributed by atoms with E-state index in [1.54, 1.807) is 20.3 Å². The van der Waals surface area contributed by atoms with E-state index in [2.05, 4.69) is 54.2 Å². The number of hydrogen-bond donors (Lipinski definition) is 1. The molecule has 4 aliphatic heterocycles. The van der Waals surface area contributed by atoms with Gasteiger partial charge in [-0.1, -0.05) is 30.3 Å². The van der Waals surface area contributed by atoms with E-state index in [4.69, 9.17) is 23.7 Å². The fourth-order valence-corrected chi connectivity index (χ4v) is 8.82. The van der Waals surface area contributed by atoms with E-state index in [0.29, 0.717) is 77.2 Å². The first-order chi connectivity index (χ1) is 29.1. The van der Waals surface area contributed by atoms with Crippen LogP contribution in [0, 0.1) is 10.1 Å². The van der Waals surface area contributed by atoms with Crippen LogP contribution >= 0.6 is 0 Å². The fraction of sp³-hybridized carbons (Fsp3) is 0.354. The van der Waals surface area contributed by atoms with Crippen LogP contribution in [0.15, 0.2) is 84.9 Å². The zero-order chi connectivity index (χ0) is 41.9. The molecular weight excluding hydrogens is 763 g/mol. The highest BCUT2D eigenvalue weighted by molar-refractivity contribution is 5.96. The van der Waals surface area contributed by atoms with E-state index in [9.17, 15) is 20.0 Å². The molecule has 1 unspecified atom stereocenters. The SMILES string of the molecule is COc1cc2c3cc1Oc1c(OC)c(CO)cc4c1[C@@H](Cc1ccc(OCCCCC(=O)c5cccc([N+](=O)[O-])c5)c(c1)Oc1ccc(cc1)CC3N(C)CC2)N(C)CC4. The second-order valence-electron chi connectivity index (χ2n) is 15.9. The number of unbranched alkanes of at least 4 members (excludes halogenated alkanes) is 1. The number of fused-ring (bicyclic) bond motifs is 2. The van der Waals surface area contributed by atoms with Crippen molar-refractivity contribution in [3.05, 3.63) is 140 Å². The summed E-state index contributed by atoms with van der Waals surface area (Å²) in [6.45, 7) is 1.87. The van der Waals surface area contributed by atoms with Gasteiger partial charge in [0, 0.05) is 60.4 Å². The van der Waals surface area contributed by atoms with Gasteiger partial charge in [-0.05, 0) is 123 Å². The Morgan fingerprint density at radius 1 is 0.817 bits per heavy atom. The standard InChI is InChI=1S/C48H51N3O9/c1-49-19-17-32-27-43(56-3)45-28-38(32)39(49)22-30-11-14-37(15-12-30)59-44-24-31(23-40-46-34(18-20-50(40)2)25-35(29-52)47(57-4)48(46)60-45)13-16-42(44)58-21-6-5-10-41(53)33-8-7-9-36(26-33)51(54)55/h7-9,11-16,24-28,39-40,52H,5-6,10,17-23,29H2,1-4H3/t39?,40-/m1/s1. The largest absolute Gasteiger partial charge is 0.493 e. The molecule has 0 radical (unpaired) electrons. The molecule has 0 aliphatic carbocycles. The molecule has 12 heteroatoms. The molecule has 0 saturated heterocycles. The lowest BCUT2D eigenvalue weighted by atomic mass is 9.86. The van der Waals surface area contributed by atoms with E-state index in [1.165, 1.54) is 29.3 Å². The number of likely N-dealkylation sites (N-methyl/N-ethyl adjacent to an activating group) is 2. The highest BCUT2D eigenvalue weighted by Gasteiger charge is 2.34. The third-order valence-electron chi connectivity index (χ3n) is 12.1. The second kappa shape index (κ2) is 17.7. The average molecular weight is 814 g/mol. The monoisotopic (exact) mass is 813 g/mol. The first kappa shape index (κ1) is 40.8. The summed E-state index contributed by atoms with van der Waals surface area (Å²) in [5, 5.41) is 21.8. The van der Waals surface area contributed by atoms with Crippen LogP contribution in [0.3, 0.4) is 0 Å². The summed E-state index contributed by atoms with van der Waals surface area (Å²) in [5.74, 6) is 4.02. The molecule has 6 bridgehead atoms. The van der Waals surface area contributed by atoms with Crippen molar-refractivity contribution in [3.63, 3.8) is 0 Å². The van der Waals surface area contributed by atoms with Crippen molar-refractivity contribution in [1.82, 2.24) is 9.80 Å². The second-order valence-corrected chi connectivity index (χ2v) is 15.9. The Hall–Kier alpha value is -5.95. The zero-order valence-electron chi connectivity index (χ0n) is 34.6. The normalized spacial score (nSPS) is 17.4. The molecule has 2 atom stereocenters. The summed E-state index contributed by atoms with van der Waals surface area (Å²) in [6.07, 6.45) is 4.46. The van der Waals surface area contributed by atoms with Crippen LogP contribution in [0.2, 0.25) is 0 Å². The molecule has 1 N–H and O–H groups in total. The highest BCUT2D eigenvalue weighted by Crippen LogP contribution is 2.50. The van der Waals surface area contributed by atoms with Gasteiger partial charge in [-0.15, -0.1) is 0 Å². The van der Waals surface area contributed by atoms with Crippen LogP contribution < -0.4 is 23.7 Å². The molecule has 0 spiro atoms. The van der Waals surface area contributed by atoms with Gasteiger partial charge in [0.1, 0.15) is 5.75 Å². The van der Waals surface area contributed by atoms with Gasteiger partial charge in [0.05, 0.1) is 32.4 Å². The number of rotatable bonds is 11. The van der Waals surface area contributed by atoms with Crippen molar-refractivity contribution in [2.24, 2.45) is 0 Å². The van der Waals surface area contributed by atoms with Gasteiger partial charge in [0.25, 0.3) is 5.69 Å². The predicted octanol–water partition coefficient (Wildman–Crippen LogP) is 8.98. The van der Waals surface area contributed by atoms with Crippen LogP contribution in [-0.4, -0.2) is 73.6 Å². The van der Waals surface area contributed by atoms with Gasteiger partial charge >= 0.3 is 0 Å². The molecular formula is C48H51N3O9. The first-order valence-electron chi connectivity index (χ1n) is 20.6. The number of hydrogen-bond acceptors (Lipinski definition) is 11. The number of nitro groups is 1. The number of methoxy groups -OCH3 is 2. The first-order valence-corrected chi connectivity index (χ1v) is 20.6. The lowest BCUT2D eigenvalue weighted by molar-refractivity contribution is -0.384. The average Bonchev–Trinajstić information content (AvgIpc) is 3.26. The Labute approximate surface area is 350 Å². The molecule has 60 heavy (non-hydrogen) atoms. The summed E-state index contributed by atoms with van der Waals surface area (Å²) in [6, 6.07) is 26.4. The Balaban J connectivity index is 1.14. The van der Waals surface area contributed by atoms with Crippen molar-refractivity contribution in [3.8, 4) is 40.2 Å². The van der Waals surface area contributed by atoms with Gasteiger partial charge in [-0.3, -0.25) is 24.7 Å². The Morgan fingerprint density at radius 3 is 2.30 bits per heavy atom. The number of Topliss-reactive ketones (excluding diaryl/α,β-unsaturated/α-hetero) is 1. The summed E-state index contributed by atoms with van der Waals surface area (Å²) in [5.41, 5.74) is 7.61. The molecule has 4 aliphatic rings. The summed E-state index contributed by atoms with van der Waals surface area (Å²) in [7, 11) is 7.57. The number of aliphatic hydroxyl groups is 1. The van der Waals surface area contributed by atoms with Crippen molar-refractivity contribution >= 4 is 11.5 Å². The Kier molecular flexibility index (Phi) is 12.1. The maximum absolute atomic E-state index is 12.8. The lowest BCUT2D eigenvalue weighted by Gasteiger charge is -2.37. The zero-order valence-corrected chi connectivity index (χ0v) is 34.6. The van der Waals surface area contributed by atoms with E-state index >= 15 is 0 Å². The number of aliphatic hydroxyl groups excluding tert-OH is 1. The molecule has 0 saturated carbocycles. The quantitative estimate of drug-likeness (QED) is 0.0593. The molecule has 4 heterocycles. The maximum Gasteiger partial charge on any atom is 0.270 e. The minimum atomic E-state index is -0.494. The predicted molar refractivity (Wildman–Crippen MR) is 227 cm³/mol. The van der Waals surface area contributed by atoms with E-state index in [0.717, 1.165) is 54.6 Å². The molecule has 12 nitrogen and oxygen atoms in total. The van der Waals surface area contributed by atoms with Crippen LogP contribution in [-0.2, 0) is 32.3 Å². The molecule has 0 fully saturated rings. The smallest absolute Gasteiger partial charge is 0.270 e. The number of non-ortho nitro benzene ring substituents is 1. The number of ether oxygens (including phenoxy) is 5. The van der Waals surface area contributed by atoms with Crippen molar-refractivity contribution < 1.29 is 38.5 Å². The van der Waals surface area contributed by atoms with Gasteiger partial charge in [-0.2, -0.15) is 0 Å². The fourth-order valence-electron chi connectivity index (χ4n) is 8.82. The Morgan fingerprint density at radius 2 is 1.55 bits per heavy atom. The third kappa shape index (κ3) is 8.40. The number of nitro benzene ring substituents is 1.